The van der Waals surface area contributed by atoms with E-state index in [0.717, 1.165) is 35.2 Å². The van der Waals surface area contributed by atoms with Gasteiger partial charge in [-0.05, 0) is 43.2 Å². The molecule has 1 aliphatic heterocycles. The first-order chi connectivity index (χ1) is 13.4. The molecule has 0 N–H and O–H groups in total. The molecule has 2 heterocycles. The Morgan fingerprint density at radius 1 is 1.18 bits per heavy atom. The Hall–Kier alpha value is -2.36. The summed E-state index contributed by atoms with van der Waals surface area (Å²) in [5.41, 5.74) is 0.875. The van der Waals surface area contributed by atoms with Crippen LogP contribution in [0.3, 0.4) is 0 Å². The van der Waals surface area contributed by atoms with Gasteiger partial charge in [0.1, 0.15) is 10.7 Å². The van der Waals surface area contributed by atoms with Gasteiger partial charge in [-0.2, -0.15) is 4.31 Å². The molecule has 1 aromatic heterocycles. The van der Waals surface area contributed by atoms with Crippen molar-refractivity contribution in [2.45, 2.75) is 17.7 Å². The lowest BCUT2D eigenvalue weighted by molar-refractivity contribution is 0.0992. The maximum Gasteiger partial charge on any atom is 0.259 e. The first-order valence-corrected chi connectivity index (χ1v) is 11.1. The van der Waals surface area contributed by atoms with Gasteiger partial charge in [0.15, 0.2) is 5.13 Å². The van der Waals surface area contributed by atoms with E-state index in [4.69, 9.17) is 0 Å². The van der Waals surface area contributed by atoms with Gasteiger partial charge in [-0.3, -0.25) is 9.69 Å². The van der Waals surface area contributed by atoms with Crippen LogP contribution in [0.4, 0.5) is 9.52 Å². The van der Waals surface area contributed by atoms with Crippen molar-refractivity contribution in [1.29, 1.82) is 0 Å². The molecule has 146 valence electrons. The molecule has 0 saturated carbocycles. The number of benzene rings is 2. The van der Waals surface area contributed by atoms with Crippen LogP contribution in [0.5, 0.6) is 0 Å². The lowest BCUT2D eigenvalue weighted by atomic mass is 10.2. The highest BCUT2D eigenvalue weighted by atomic mass is 32.2. The normalized spacial score (nSPS) is 15.2. The van der Waals surface area contributed by atoms with Crippen molar-refractivity contribution in [2.24, 2.45) is 0 Å². The van der Waals surface area contributed by atoms with E-state index in [1.165, 1.54) is 26.6 Å². The van der Waals surface area contributed by atoms with Gasteiger partial charge in [-0.15, -0.1) is 0 Å². The first-order valence-electron chi connectivity index (χ1n) is 8.81. The molecule has 1 amide bonds. The molecule has 3 aromatic rings. The molecule has 0 unspecified atom stereocenters. The number of para-hydroxylation sites is 1. The molecule has 0 aliphatic carbocycles. The Morgan fingerprint density at radius 2 is 1.89 bits per heavy atom. The molecule has 1 fully saturated rings. The Morgan fingerprint density at radius 3 is 2.61 bits per heavy atom. The zero-order chi connectivity index (χ0) is 19.9. The maximum absolute atomic E-state index is 14.3. The van der Waals surface area contributed by atoms with E-state index < -0.39 is 26.6 Å². The second kappa shape index (κ2) is 7.23. The van der Waals surface area contributed by atoms with Gasteiger partial charge in [0.05, 0.1) is 10.2 Å². The van der Waals surface area contributed by atoms with Crippen molar-refractivity contribution in [3.8, 4) is 0 Å². The standard InChI is InChI=1S/C19H18FN3O3S2/c1-22(19-21-15-6-2-3-7-16(15)27-19)18(24)13-8-9-14(20)17(12-13)28(25,26)23-10-4-5-11-23/h2-3,6-9,12H,4-5,10-11H2,1H3. The van der Waals surface area contributed by atoms with Crippen LogP contribution in [0.25, 0.3) is 10.2 Å². The zero-order valence-electron chi connectivity index (χ0n) is 15.1. The first kappa shape index (κ1) is 19.0. The van der Waals surface area contributed by atoms with E-state index in [1.54, 1.807) is 7.05 Å². The molecule has 0 radical (unpaired) electrons. The monoisotopic (exact) mass is 419 g/mol. The fourth-order valence-electron chi connectivity index (χ4n) is 3.19. The Labute approximate surface area is 166 Å². The predicted octanol–water partition coefficient (Wildman–Crippen LogP) is 3.50. The summed E-state index contributed by atoms with van der Waals surface area (Å²) in [6.45, 7) is 0.733. The average molecular weight is 420 g/mol. The number of amides is 1. The summed E-state index contributed by atoms with van der Waals surface area (Å²) in [6, 6.07) is 11.0. The van der Waals surface area contributed by atoms with Crippen LogP contribution in [-0.2, 0) is 10.0 Å². The molecule has 1 saturated heterocycles. The van der Waals surface area contributed by atoms with Crippen LogP contribution in [0, 0.1) is 5.82 Å². The number of aromatic nitrogens is 1. The molecular weight excluding hydrogens is 401 g/mol. The average Bonchev–Trinajstić information content (AvgIpc) is 3.37. The van der Waals surface area contributed by atoms with Gasteiger partial charge >= 0.3 is 0 Å². The van der Waals surface area contributed by atoms with Crippen LogP contribution in [0.1, 0.15) is 23.2 Å². The largest absolute Gasteiger partial charge is 0.287 e. The Bertz CT molecular complexity index is 1120. The number of thiazole rings is 1. The number of hydrogen-bond acceptors (Lipinski definition) is 5. The highest BCUT2D eigenvalue weighted by molar-refractivity contribution is 7.89. The van der Waals surface area contributed by atoms with Gasteiger partial charge in [-0.1, -0.05) is 23.5 Å². The minimum atomic E-state index is -3.96. The lowest BCUT2D eigenvalue weighted by Crippen LogP contribution is -2.30. The van der Waals surface area contributed by atoms with E-state index >= 15 is 0 Å². The van der Waals surface area contributed by atoms with Crippen molar-refractivity contribution < 1.29 is 17.6 Å². The maximum atomic E-state index is 14.3. The molecule has 1 aliphatic rings. The Balaban J connectivity index is 1.67. The Kier molecular flexibility index (Phi) is 4.90. The minimum absolute atomic E-state index is 0.0981. The molecule has 0 bridgehead atoms. The number of fused-ring (bicyclic) bond motifs is 1. The van der Waals surface area contributed by atoms with E-state index in [9.17, 15) is 17.6 Å². The summed E-state index contributed by atoms with van der Waals surface area (Å²) in [5.74, 6) is -1.30. The fraction of sp³-hybridized carbons (Fsp3) is 0.263. The second-order valence-corrected chi connectivity index (χ2v) is 9.50. The fourth-order valence-corrected chi connectivity index (χ4v) is 5.72. The number of carbonyl (C=O) groups is 1. The molecule has 6 nitrogen and oxygen atoms in total. The van der Waals surface area contributed by atoms with E-state index in [-0.39, 0.29) is 5.56 Å². The lowest BCUT2D eigenvalue weighted by Gasteiger charge is -2.18. The quantitative estimate of drug-likeness (QED) is 0.649. The SMILES string of the molecule is CN(C(=O)c1ccc(F)c(S(=O)(=O)N2CCCC2)c1)c1nc2ccccc2s1. The number of nitrogens with zero attached hydrogens (tertiary/aromatic N) is 3. The summed E-state index contributed by atoms with van der Waals surface area (Å²) in [7, 11) is -2.39. The van der Waals surface area contributed by atoms with Gasteiger partial charge in [0.25, 0.3) is 5.91 Å². The van der Waals surface area contributed by atoms with Crippen molar-refractivity contribution in [3.05, 3.63) is 53.8 Å². The van der Waals surface area contributed by atoms with Gasteiger partial charge in [0.2, 0.25) is 10.0 Å². The second-order valence-electron chi connectivity index (χ2n) is 6.58. The van der Waals surface area contributed by atoms with E-state index in [1.807, 2.05) is 24.3 Å². The summed E-state index contributed by atoms with van der Waals surface area (Å²) in [5, 5.41) is 0.486. The van der Waals surface area contributed by atoms with Crippen molar-refractivity contribution in [2.75, 3.05) is 25.0 Å². The third kappa shape index (κ3) is 3.30. The smallest absolute Gasteiger partial charge is 0.259 e. The third-order valence-corrected chi connectivity index (χ3v) is 7.76. The van der Waals surface area contributed by atoms with Crippen molar-refractivity contribution in [1.82, 2.24) is 9.29 Å². The van der Waals surface area contributed by atoms with E-state index in [0.29, 0.717) is 18.2 Å². The third-order valence-electron chi connectivity index (χ3n) is 4.74. The van der Waals surface area contributed by atoms with E-state index in [2.05, 4.69) is 4.98 Å². The number of halogens is 1. The molecule has 2 aromatic carbocycles. The van der Waals surface area contributed by atoms with Crippen LogP contribution in [0.15, 0.2) is 47.4 Å². The minimum Gasteiger partial charge on any atom is -0.287 e. The van der Waals surface area contributed by atoms with Gasteiger partial charge in [0, 0.05) is 25.7 Å². The molecule has 28 heavy (non-hydrogen) atoms. The van der Waals surface area contributed by atoms with Crippen LogP contribution in [-0.4, -0.2) is 43.8 Å². The number of hydrogen-bond donors (Lipinski definition) is 0. The molecular formula is C19H18FN3O3S2. The topological polar surface area (TPSA) is 70.6 Å². The highest BCUT2D eigenvalue weighted by Gasteiger charge is 2.31. The summed E-state index contributed by atoms with van der Waals surface area (Å²) in [6.07, 6.45) is 1.50. The summed E-state index contributed by atoms with van der Waals surface area (Å²) < 4.78 is 42.0. The summed E-state index contributed by atoms with van der Waals surface area (Å²) in [4.78, 5) is 18.2. The van der Waals surface area contributed by atoms with Crippen molar-refractivity contribution in [3.63, 3.8) is 0 Å². The van der Waals surface area contributed by atoms with Crippen LogP contribution in [0.2, 0.25) is 0 Å². The predicted molar refractivity (Wildman–Crippen MR) is 107 cm³/mol. The highest BCUT2D eigenvalue weighted by Crippen LogP contribution is 2.29. The number of carbonyl (C=O) groups excluding carboxylic acids is 1. The van der Waals surface area contributed by atoms with Gasteiger partial charge in [-0.25, -0.2) is 17.8 Å². The molecule has 9 heteroatoms. The molecule has 0 spiro atoms. The number of anilines is 1. The summed E-state index contributed by atoms with van der Waals surface area (Å²) >= 11 is 1.36. The zero-order valence-corrected chi connectivity index (χ0v) is 16.8. The van der Waals surface area contributed by atoms with Crippen molar-refractivity contribution >= 4 is 42.6 Å². The number of rotatable bonds is 4. The van der Waals surface area contributed by atoms with Crippen LogP contribution < -0.4 is 4.90 Å². The number of sulfonamides is 1. The van der Waals surface area contributed by atoms with Crippen LogP contribution >= 0.6 is 11.3 Å². The van der Waals surface area contributed by atoms with Gasteiger partial charge < -0.3 is 0 Å². The molecule has 0 atom stereocenters. The molecule has 4 rings (SSSR count).